The van der Waals surface area contributed by atoms with Crippen LogP contribution in [0.4, 0.5) is 11.4 Å². The van der Waals surface area contributed by atoms with Crippen LogP contribution in [-0.2, 0) is 0 Å². The van der Waals surface area contributed by atoms with Crippen molar-refractivity contribution in [2.45, 2.75) is 0 Å². The van der Waals surface area contributed by atoms with Gasteiger partial charge in [-0.05, 0) is 34.1 Å². The lowest BCUT2D eigenvalue weighted by molar-refractivity contribution is 1.17. The molecule has 4 nitrogen and oxygen atoms in total. The molecule has 18 heavy (non-hydrogen) atoms. The van der Waals surface area contributed by atoms with Crippen molar-refractivity contribution >= 4 is 33.1 Å². The van der Waals surface area contributed by atoms with Gasteiger partial charge in [0.25, 0.3) is 0 Å². The van der Waals surface area contributed by atoms with Crippen molar-refractivity contribution in [1.82, 2.24) is 4.98 Å². The summed E-state index contributed by atoms with van der Waals surface area (Å²) in [6.45, 7) is 0. The minimum atomic E-state index is 0.0580. The fourth-order valence-corrected chi connectivity index (χ4v) is 2.28. The number of amidine groups is 1. The summed E-state index contributed by atoms with van der Waals surface area (Å²) < 4.78 is 0.894. The van der Waals surface area contributed by atoms with Crippen LogP contribution in [-0.4, -0.2) is 17.9 Å². The summed E-state index contributed by atoms with van der Waals surface area (Å²) in [6.07, 6.45) is 3.47. The van der Waals surface area contributed by atoms with Crippen molar-refractivity contribution < 1.29 is 0 Å². The zero-order chi connectivity index (χ0) is 13.1. The summed E-state index contributed by atoms with van der Waals surface area (Å²) in [6, 6.07) is 9.47. The zero-order valence-corrected chi connectivity index (χ0v) is 11.5. The minimum absolute atomic E-state index is 0.0580. The first-order valence-electron chi connectivity index (χ1n) is 5.38. The SMILES string of the molecule is CN(c1ccncc1Br)c1ccccc1C(=N)N. The second-order valence-corrected chi connectivity index (χ2v) is 4.67. The van der Waals surface area contributed by atoms with Crippen molar-refractivity contribution in [3.8, 4) is 0 Å². The second kappa shape index (κ2) is 5.18. The molecule has 0 fully saturated rings. The van der Waals surface area contributed by atoms with Crippen LogP contribution < -0.4 is 10.6 Å². The maximum atomic E-state index is 7.61. The molecule has 2 rings (SSSR count). The molecule has 0 aliphatic rings. The van der Waals surface area contributed by atoms with E-state index in [2.05, 4.69) is 20.9 Å². The molecule has 92 valence electrons. The van der Waals surface area contributed by atoms with Gasteiger partial charge in [0.05, 0.1) is 15.8 Å². The standard InChI is InChI=1S/C13H13BrN4/c1-18(12-6-7-17-8-10(12)14)11-5-3-2-4-9(11)13(15)16/h2-8H,1H3,(H3,15,16). The molecular formula is C13H13BrN4. The van der Waals surface area contributed by atoms with E-state index in [-0.39, 0.29) is 5.84 Å². The molecule has 0 atom stereocenters. The first kappa shape index (κ1) is 12.6. The van der Waals surface area contributed by atoms with E-state index in [9.17, 15) is 0 Å². The number of hydrogen-bond donors (Lipinski definition) is 2. The van der Waals surface area contributed by atoms with Gasteiger partial charge in [-0.2, -0.15) is 0 Å². The van der Waals surface area contributed by atoms with Crippen molar-refractivity contribution in [3.63, 3.8) is 0 Å². The first-order chi connectivity index (χ1) is 8.61. The summed E-state index contributed by atoms with van der Waals surface area (Å²) in [5.41, 5.74) is 8.17. The van der Waals surface area contributed by atoms with Gasteiger partial charge in [-0.1, -0.05) is 12.1 Å². The Hall–Kier alpha value is -1.88. The Labute approximate surface area is 114 Å². The number of rotatable bonds is 3. The van der Waals surface area contributed by atoms with E-state index >= 15 is 0 Å². The highest BCUT2D eigenvalue weighted by molar-refractivity contribution is 9.10. The fraction of sp³-hybridized carbons (Fsp3) is 0.0769. The molecule has 2 aromatic rings. The monoisotopic (exact) mass is 304 g/mol. The minimum Gasteiger partial charge on any atom is -0.384 e. The van der Waals surface area contributed by atoms with Crippen LogP contribution in [0, 0.1) is 5.41 Å². The molecule has 0 radical (unpaired) electrons. The summed E-state index contributed by atoms with van der Waals surface area (Å²) in [4.78, 5) is 6.01. The van der Waals surface area contributed by atoms with Crippen LogP contribution in [0.2, 0.25) is 0 Å². The van der Waals surface area contributed by atoms with Crippen LogP contribution in [0.5, 0.6) is 0 Å². The van der Waals surface area contributed by atoms with Crippen molar-refractivity contribution in [2.75, 3.05) is 11.9 Å². The molecule has 0 amide bonds. The summed E-state index contributed by atoms with van der Waals surface area (Å²) in [5.74, 6) is 0.0580. The number of pyridine rings is 1. The van der Waals surface area contributed by atoms with E-state index in [1.54, 1.807) is 12.4 Å². The first-order valence-corrected chi connectivity index (χ1v) is 6.17. The van der Waals surface area contributed by atoms with Gasteiger partial charge >= 0.3 is 0 Å². The third-order valence-electron chi connectivity index (χ3n) is 2.67. The molecule has 0 spiro atoms. The number of nitrogen functional groups attached to an aromatic ring is 1. The van der Waals surface area contributed by atoms with Gasteiger partial charge < -0.3 is 10.6 Å². The highest BCUT2D eigenvalue weighted by Gasteiger charge is 2.12. The lowest BCUT2D eigenvalue weighted by Gasteiger charge is -2.23. The molecule has 0 aliphatic heterocycles. The maximum Gasteiger partial charge on any atom is 0.124 e. The number of para-hydroxylation sites is 1. The maximum absolute atomic E-state index is 7.61. The average molecular weight is 305 g/mol. The molecule has 1 heterocycles. The number of aromatic nitrogens is 1. The van der Waals surface area contributed by atoms with Gasteiger partial charge in [0.1, 0.15) is 5.84 Å². The van der Waals surface area contributed by atoms with Gasteiger partial charge in [-0.15, -0.1) is 0 Å². The largest absolute Gasteiger partial charge is 0.384 e. The number of anilines is 2. The smallest absolute Gasteiger partial charge is 0.124 e. The normalized spacial score (nSPS) is 10.1. The summed E-state index contributed by atoms with van der Waals surface area (Å²) >= 11 is 3.47. The molecule has 0 saturated carbocycles. The Morgan fingerprint density at radius 1 is 1.28 bits per heavy atom. The van der Waals surface area contributed by atoms with E-state index in [1.165, 1.54) is 0 Å². The van der Waals surface area contributed by atoms with E-state index in [0.29, 0.717) is 5.56 Å². The van der Waals surface area contributed by atoms with Crippen LogP contribution >= 0.6 is 15.9 Å². The number of nitrogens with two attached hydrogens (primary N) is 1. The van der Waals surface area contributed by atoms with Gasteiger partial charge in [0.2, 0.25) is 0 Å². The Kier molecular flexibility index (Phi) is 3.62. The third-order valence-corrected chi connectivity index (χ3v) is 3.28. The number of hydrogen-bond acceptors (Lipinski definition) is 3. The molecule has 5 heteroatoms. The highest BCUT2D eigenvalue weighted by Crippen LogP contribution is 2.31. The number of nitrogens with zero attached hydrogens (tertiary/aromatic N) is 2. The summed E-state index contributed by atoms with van der Waals surface area (Å²) in [7, 11) is 1.93. The summed E-state index contributed by atoms with van der Waals surface area (Å²) in [5, 5.41) is 7.61. The van der Waals surface area contributed by atoms with Gasteiger partial charge in [0.15, 0.2) is 0 Å². The molecule has 3 N–H and O–H groups in total. The Balaban J connectivity index is 2.50. The Morgan fingerprint density at radius 2 is 2.00 bits per heavy atom. The van der Waals surface area contributed by atoms with Crippen LogP contribution in [0.15, 0.2) is 47.2 Å². The quantitative estimate of drug-likeness (QED) is 0.677. The Bertz CT molecular complexity index is 583. The van der Waals surface area contributed by atoms with Crippen LogP contribution in [0.3, 0.4) is 0 Å². The van der Waals surface area contributed by atoms with Crippen LogP contribution in [0.25, 0.3) is 0 Å². The van der Waals surface area contributed by atoms with Gasteiger partial charge in [-0.25, -0.2) is 0 Å². The van der Waals surface area contributed by atoms with E-state index < -0.39 is 0 Å². The average Bonchev–Trinajstić information content (AvgIpc) is 2.38. The highest BCUT2D eigenvalue weighted by atomic mass is 79.9. The number of halogens is 1. The van der Waals surface area contributed by atoms with Crippen molar-refractivity contribution in [3.05, 3.63) is 52.8 Å². The molecule has 1 aromatic carbocycles. The van der Waals surface area contributed by atoms with Crippen LogP contribution in [0.1, 0.15) is 5.56 Å². The molecule has 1 aromatic heterocycles. The molecule has 0 unspecified atom stereocenters. The molecule has 0 bridgehead atoms. The number of nitrogens with one attached hydrogen (secondary N) is 1. The van der Waals surface area contributed by atoms with Crippen molar-refractivity contribution in [1.29, 1.82) is 5.41 Å². The predicted molar refractivity (Wildman–Crippen MR) is 77.5 cm³/mol. The topological polar surface area (TPSA) is 66.0 Å². The molecular weight excluding hydrogens is 292 g/mol. The predicted octanol–water partition coefficient (Wildman–Crippen LogP) is 2.90. The van der Waals surface area contributed by atoms with E-state index in [4.69, 9.17) is 11.1 Å². The second-order valence-electron chi connectivity index (χ2n) is 3.82. The van der Waals surface area contributed by atoms with Gasteiger partial charge in [-0.3, -0.25) is 10.4 Å². The van der Waals surface area contributed by atoms with Crippen molar-refractivity contribution in [2.24, 2.45) is 5.73 Å². The van der Waals surface area contributed by atoms with E-state index in [1.807, 2.05) is 42.3 Å². The van der Waals surface area contributed by atoms with E-state index in [0.717, 1.165) is 15.8 Å². The lowest BCUT2D eigenvalue weighted by atomic mass is 10.1. The number of benzene rings is 1. The third kappa shape index (κ3) is 2.36. The fourth-order valence-electron chi connectivity index (χ4n) is 1.76. The molecule has 0 aliphatic carbocycles. The van der Waals surface area contributed by atoms with Gasteiger partial charge in [0, 0.05) is 25.0 Å². The molecule has 0 saturated heterocycles. The lowest BCUT2D eigenvalue weighted by Crippen LogP contribution is -2.18. The Morgan fingerprint density at radius 3 is 2.67 bits per heavy atom. The zero-order valence-electron chi connectivity index (χ0n) is 9.89.